The summed E-state index contributed by atoms with van der Waals surface area (Å²) in [6.07, 6.45) is -4.58. The molecule has 5 nitrogen and oxygen atoms in total. The highest BCUT2D eigenvalue weighted by atomic mass is 19.4. The van der Waals surface area contributed by atoms with Gasteiger partial charge in [-0.25, -0.2) is 0 Å². The van der Waals surface area contributed by atoms with Crippen molar-refractivity contribution in [1.82, 2.24) is 4.90 Å². The van der Waals surface area contributed by atoms with Crippen LogP contribution in [0.4, 0.5) is 18.9 Å². The van der Waals surface area contributed by atoms with Crippen molar-refractivity contribution in [2.75, 3.05) is 38.2 Å². The Labute approximate surface area is 161 Å². The van der Waals surface area contributed by atoms with E-state index in [1.807, 2.05) is 24.3 Å². The van der Waals surface area contributed by atoms with Crippen LogP contribution in [0.15, 0.2) is 48.5 Å². The molecule has 1 aliphatic rings. The Morgan fingerprint density at radius 2 is 1.64 bits per heavy atom. The number of hydrogen-bond acceptors (Lipinski definition) is 4. The topological polar surface area (TPSA) is 42.0 Å². The number of anilines is 1. The lowest BCUT2D eigenvalue weighted by Crippen LogP contribution is -2.49. The van der Waals surface area contributed by atoms with Crippen LogP contribution in [0.1, 0.15) is 5.56 Å². The molecule has 2 aromatic rings. The van der Waals surface area contributed by atoms with Gasteiger partial charge in [-0.05, 0) is 29.8 Å². The number of benzene rings is 2. The Morgan fingerprint density at radius 1 is 1.00 bits per heavy atom. The van der Waals surface area contributed by atoms with Crippen molar-refractivity contribution in [2.24, 2.45) is 0 Å². The van der Waals surface area contributed by atoms with E-state index in [1.54, 1.807) is 12.0 Å². The number of rotatable bonds is 5. The Kier molecular flexibility index (Phi) is 5.96. The first kappa shape index (κ1) is 19.9. The van der Waals surface area contributed by atoms with Gasteiger partial charge >= 0.3 is 6.36 Å². The molecule has 28 heavy (non-hydrogen) atoms. The van der Waals surface area contributed by atoms with Crippen LogP contribution in [0.25, 0.3) is 0 Å². The fourth-order valence-corrected chi connectivity index (χ4v) is 3.18. The molecule has 0 aliphatic carbocycles. The van der Waals surface area contributed by atoms with Gasteiger partial charge in [0, 0.05) is 26.2 Å². The lowest BCUT2D eigenvalue weighted by molar-refractivity contribution is -0.274. The molecule has 0 aromatic heterocycles. The zero-order valence-electron chi connectivity index (χ0n) is 15.4. The average Bonchev–Trinajstić information content (AvgIpc) is 2.68. The number of nitrogens with zero attached hydrogens (tertiary/aromatic N) is 2. The molecule has 1 aliphatic heterocycles. The van der Waals surface area contributed by atoms with Crippen LogP contribution >= 0.6 is 0 Å². The molecule has 0 bridgehead atoms. The van der Waals surface area contributed by atoms with E-state index in [-0.39, 0.29) is 18.1 Å². The molecule has 1 heterocycles. The monoisotopic (exact) mass is 394 g/mol. The number of methoxy groups -OCH3 is 1. The molecular formula is C20H21F3N2O3. The third kappa shape index (κ3) is 5.09. The Morgan fingerprint density at radius 3 is 2.25 bits per heavy atom. The molecule has 1 amide bonds. The molecule has 0 spiro atoms. The van der Waals surface area contributed by atoms with Gasteiger partial charge in [0.25, 0.3) is 0 Å². The summed E-state index contributed by atoms with van der Waals surface area (Å²) in [4.78, 5) is 16.5. The minimum Gasteiger partial charge on any atom is -0.495 e. The van der Waals surface area contributed by atoms with Crippen LogP contribution in [0, 0.1) is 0 Å². The number of para-hydroxylation sites is 2. The second kappa shape index (κ2) is 8.41. The van der Waals surface area contributed by atoms with E-state index in [0.717, 1.165) is 11.4 Å². The molecule has 1 fully saturated rings. The number of ether oxygens (including phenoxy) is 2. The SMILES string of the molecule is COc1ccccc1N1CCN(C(=O)Cc2ccc(OC(F)(F)F)cc2)CC1. The predicted molar refractivity (Wildman–Crippen MR) is 98.6 cm³/mol. The maximum absolute atomic E-state index is 12.5. The lowest BCUT2D eigenvalue weighted by Gasteiger charge is -2.36. The second-order valence-electron chi connectivity index (χ2n) is 6.41. The Bertz CT molecular complexity index is 801. The van der Waals surface area contributed by atoms with Crippen molar-refractivity contribution in [3.8, 4) is 11.5 Å². The van der Waals surface area contributed by atoms with Gasteiger partial charge in [0.2, 0.25) is 5.91 Å². The lowest BCUT2D eigenvalue weighted by atomic mass is 10.1. The van der Waals surface area contributed by atoms with Gasteiger partial charge in [-0.15, -0.1) is 13.2 Å². The fraction of sp³-hybridized carbons (Fsp3) is 0.350. The van der Waals surface area contributed by atoms with Gasteiger partial charge < -0.3 is 19.3 Å². The molecule has 150 valence electrons. The number of carbonyl (C=O) groups is 1. The number of alkyl halides is 3. The van der Waals surface area contributed by atoms with E-state index < -0.39 is 6.36 Å². The minimum absolute atomic E-state index is 0.0517. The van der Waals surface area contributed by atoms with Crippen LogP contribution < -0.4 is 14.4 Å². The van der Waals surface area contributed by atoms with E-state index in [4.69, 9.17) is 4.74 Å². The summed E-state index contributed by atoms with van der Waals surface area (Å²) in [5.74, 6) is 0.446. The van der Waals surface area contributed by atoms with Gasteiger partial charge in [-0.2, -0.15) is 0 Å². The molecule has 0 atom stereocenters. The zero-order valence-corrected chi connectivity index (χ0v) is 15.4. The summed E-state index contributed by atoms with van der Waals surface area (Å²) in [6, 6.07) is 13.1. The molecule has 0 radical (unpaired) electrons. The quantitative estimate of drug-likeness (QED) is 0.779. The first-order valence-electron chi connectivity index (χ1n) is 8.86. The number of piperazine rings is 1. The highest BCUT2D eigenvalue weighted by Crippen LogP contribution is 2.28. The highest BCUT2D eigenvalue weighted by Gasteiger charge is 2.31. The van der Waals surface area contributed by atoms with E-state index >= 15 is 0 Å². The van der Waals surface area contributed by atoms with Gasteiger partial charge in [0.1, 0.15) is 11.5 Å². The van der Waals surface area contributed by atoms with Crippen LogP contribution in [0.3, 0.4) is 0 Å². The summed E-state index contributed by atoms with van der Waals surface area (Å²) < 4.78 is 45.8. The molecule has 2 aromatic carbocycles. The molecular weight excluding hydrogens is 373 g/mol. The number of amides is 1. The second-order valence-corrected chi connectivity index (χ2v) is 6.41. The molecule has 1 saturated heterocycles. The zero-order chi connectivity index (χ0) is 20.1. The summed E-state index contributed by atoms with van der Waals surface area (Å²) in [6.45, 7) is 2.52. The summed E-state index contributed by atoms with van der Waals surface area (Å²) >= 11 is 0. The minimum atomic E-state index is -4.72. The molecule has 0 unspecified atom stereocenters. The normalized spacial score (nSPS) is 14.7. The fourth-order valence-electron chi connectivity index (χ4n) is 3.18. The van der Waals surface area contributed by atoms with E-state index in [0.29, 0.717) is 31.7 Å². The third-order valence-corrected chi connectivity index (χ3v) is 4.57. The van der Waals surface area contributed by atoms with Crippen LogP contribution in [0.5, 0.6) is 11.5 Å². The Hall–Kier alpha value is -2.90. The van der Waals surface area contributed by atoms with Crippen molar-refractivity contribution in [3.63, 3.8) is 0 Å². The number of carbonyl (C=O) groups excluding carboxylic acids is 1. The maximum Gasteiger partial charge on any atom is 0.573 e. The van der Waals surface area contributed by atoms with Gasteiger partial charge in [0.05, 0.1) is 19.2 Å². The van der Waals surface area contributed by atoms with Gasteiger partial charge in [0.15, 0.2) is 0 Å². The smallest absolute Gasteiger partial charge is 0.495 e. The van der Waals surface area contributed by atoms with Gasteiger partial charge in [-0.3, -0.25) is 4.79 Å². The van der Waals surface area contributed by atoms with Gasteiger partial charge in [-0.1, -0.05) is 24.3 Å². The van der Waals surface area contributed by atoms with Crippen LogP contribution in [-0.4, -0.2) is 50.5 Å². The standard InChI is InChI=1S/C20H21F3N2O3/c1-27-18-5-3-2-4-17(18)24-10-12-25(13-11-24)19(26)14-15-6-8-16(9-7-15)28-20(21,22)23/h2-9H,10-14H2,1H3. The number of hydrogen-bond donors (Lipinski definition) is 0. The molecule has 3 rings (SSSR count). The summed E-state index contributed by atoms with van der Waals surface area (Å²) in [7, 11) is 1.63. The van der Waals surface area contributed by atoms with Crippen molar-refractivity contribution in [1.29, 1.82) is 0 Å². The third-order valence-electron chi connectivity index (χ3n) is 4.57. The first-order chi connectivity index (χ1) is 13.4. The molecule has 0 saturated carbocycles. The summed E-state index contributed by atoms with van der Waals surface area (Å²) in [5.41, 5.74) is 1.64. The highest BCUT2D eigenvalue weighted by molar-refractivity contribution is 5.79. The van der Waals surface area contributed by atoms with E-state index in [1.165, 1.54) is 24.3 Å². The predicted octanol–water partition coefficient (Wildman–Crippen LogP) is 3.49. The van der Waals surface area contributed by atoms with Crippen LogP contribution in [-0.2, 0) is 11.2 Å². The number of halogens is 3. The molecule has 0 N–H and O–H groups in total. The molecule has 8 heteroatoms. The van der Waals surface area contributed by atoms with Crippen molar-refractivity contribution >= 4 is 11.6 Å². The Balaban J connectivity index is 1.54. The largest absolute Gasteiger partial charge is 0.573 e. The van der Waals surface area contributed by atoms with E-state index in [2.05, 4.69) is 9.64 Å². The first-order valence-corrected chi connectivity index (χ1v) is 8.86. The van der Waals surface area contributed by atoms with Crippen molar-refractivity contribution < 1.29 is 27.4 Å². The van der Waals surface area contributed by atoms with Crippen LogP contribution in [0.2, 0.25) is 0 Å². The summed E-state index contributed by atoms with van der Waals surface area (Å²) in [5, 5.41) is 0. The maximum atomic E-state index is 12.5. The average molecular weight is 394 g/mol. The van der Waals surface area contributed by atoms with E-state index in [9.17, 15) is 18.0 Å². The van der Waals surface area contributed by atoms with Crippen molar-refractivity contribution in [3.05, 3.63) is 54.1 Å². The van der Waals surface area contributed by atoms with Crippen molar-refractivity contribution in [2.45, 2.75) is 12.8 Å².